The van der Waals surface area contributed by atoms with Crippen molar-refractivity contribution in [3.63, 3.8) is 0 Å². The van der Waals surface area contributed by atoms with Crippen LogP contribution in [0.2, 0.25) is 0 Å². The summed E-state index contributed by atoms with van der Waals surface area (Å²) in [6, 6.07) is 4.13. The molecule has 1 N–H and O–H groups in total. The molecule has 1 saturated heterocycles. The summed E-state index contributed by atoms with van der Waals surface area (Å²) < 4.78 is 13.3. The zero-order valence-electron chi connectivity index (χ0n) is 11.9. The lowest BCUT2D eigenvalue weighted by Crippen LogP contribution is -2.30. The van der Waals surface area contributed by atoms with Gasteiger partial charge in [0.15, 0.2) is 0 Å². The molecule has 1 saturated carbocycles. The van der Waals surface area contributed by atoms with Crippen LogP contribution in [0.15, 0.2) is 18.2 Å². The van der Waals surface area contributed by atoms with E-state index in [0.29, 0.717) is 23.6 Å². The summed E-state index contributed by atoms with van der Waals surface area (Å²) in [7, 11) is 0. The van der Waals surface area contributed by atoms with E-state index in [1.165, 1.54) is 12.1 Å². The maximum Gasteiger partial charge on any atom is 0.308 e. The predicted molar refractivity (Wildman–Crippen MR) is 74.4 cm³/mol. The molecule has 112 valence electrons. The number of rotatable bonds is 3. The van der Waals surface area contributed by atoms with Crippen LogP contribution in [0.25, 0.3) is 0 Å². The quantitative estimate of drug-likeness (QED) is 0.929. The summed E-state index contributed by atoms with van der Waals surface area (Å²) >= 11 is 0. The standard InChI is InChI=1S/C16H18FNO3/c1-9-2-5-11(17)6-12(9)15(19)18-7-13(10-3-4-10)14(8-18)16(20)21/h2,5-6,10,13-14H,3-4,7-8H2,1H3,(H,20,21)/t13-,14+/m1/s1. The Labute approximate surface area is 122 Å². The molecular weight excluding hydrogens is 273 g/mol. The van der Waals surface area contributed by atoms with Crippen molar-refractivity contribution in [2.75, 3.05) is 13.1 Å². The second-order valence-corrected chi connectivity index (χ2v) is 6.12. The highest BCUT2D eigenvalue weighted by molar-refractivity contribution is 5.96. The van der Waals surface area contributed by atoms with Crippen molar-refractivity contribution in [1.82, 2.24) is 4.90 Å². The molecule has 4 nitrogen and oxygen atoms in total. The first-order valence-corrected chi connectivity index (χ1v) is 7.25. The second kappa shape index (κ2) is 5.13. The first-order chi connectivity index (χ1) is 9.97. The number of carbonyl (C=O) groups excluding carboxylic acids is 1. The van der Waals surface area contributed by atoms with E-state index in [1.54, 1.807) is 17.9 Å². The summed E-state index contributed by atoms with van der Waals surface area (Å²) in [4.78, 5) is 25.5. The third kappa shape index (κ3) is 2.64. The molecule has 1 aliphatic carbocycles. The molecule has 1 amide bonds. The summed E-state index contributed by atoms with van der Waals surface area (Å²) in [5.41, 5.74) is 1.04. The van der Waals surface area contributed by atoms with Gasteiger partial charge in [0.1, 0.15) is 5.82 Å². The Balaban J connectivity index is 1.82. The smallest absolute Gasteiger partial charge is 0.308 e. The van der Waals surface area contributed by atoms with Gasteiger partial charge in [-0.3, -0.25) is 9.59 Å². The Hall–Kier alpha value is -1.91. The van der Waals surface area contributed by atoms with Crippen LogP contribution in [0.1, 0.15) is 28.8 Å². The van der Waals surface area contributed by atoms with E-state index >= 15 is 0 Å². The van der Waals surface area contributed by atoms with Crippen molar-refractivity contribution in [1.29, 1.82) is 0 Å². The van der Waals surface area contributed by atoms with Gasteiger partial charge in [0.25, 0.3) is 5.91 Å². The number of aliphatic carboxylic acids is 1. The summed E-state index contributed by atoms with van der Waals surface area (Å²) in [6.07, 6.45) is 2.10. The fourth-order valence-corrected chi connectivity index (χ4v) is 3.25. The van der Waals surface area contributed by atoms with Crippen LogP contribution < -0.4 is 0 Å². The van der Waals surface area contributed by atoms with Gasteiger partial charge in [0.2, 0.25) is 0 Å². The van der Waals surface area contributed by atoms with E-state index in [9.17, 15) is 19.1 Å². The van der Waals surface area contributed by atoms with E-state index < -0.39 is 17.7 Å². The number of carboxylic acids is 1. The minimum atomic E-state index is -0.835. The molecule has 0 aromatic heterocycles. The Bertz CT molecular complexity index is 597. The SMILES string of the molecule is Cc1ccc(F)cc1C(=O)N1C[C@H](C(=O)O)[C@@H](C2CC2)C1. The molecule has 0 bridgehead atoms. The predicted octanol–water partition coefficient (Wildman–Crippen LogP) is 2.32. The number of hydrogen-bond donors (Lipinski definition) is 1. The minimum Gasteiger partial charge on any atom is -0.481 e. The van der Waals surface area contributed by atoms with Crippen molar-refractivity contribution in [3.8, 4) is 0 Å². The first-order valence-electron chi connectivity index (χ1n) is 7.25. The monoisotopic (exact) mass is 291 g/mol. The highest BCUT2D eigenvalue weighted by Gasteiger charge is 2.47. The van der Waals surface area contributed by atoms with Gasteiger partial charge < -0.3 is 10.0 Å². The van der Waals surface area contributed by atoms with Gasteiger partial charge in [0.05, 0.1) is 5.92 Å². The number of nitrogens with zero attached hydrogens (tertiary/aromatic N) is 1. The van der Waals surface area contributed by atoms with Gasteiger partial charge in [-0.05, 0) is 49.3 Å². The van der Waals surface area contributed by atoms with Crippen molar-refractivity contribution in [2.24, 2.45) is 17.8 Å². The second-order valence-electron chi connectivity index (χ2n) is 6.12. The zero-order chi connectivity index (χ0) is 15.1. The van der Waals surface area contributed by atoms with Gasteiger partial charge in [-0.1, -0.05) is 6.07 Å². The van der Waals surface area contributed by atoms with Crippen LogP contribution in [0.5, 0.6) is 0 Å². The molecule has 2 fully saturated rings. The molecule has 3 rings (SSSR count). The number of carboxylic acid groups (broad SMARTS) is 1. The lowest BCUT2D eigenvalue weighted by atomic mass is 9.92. The number of likely N-dealkylation sites (tertiary alicyclic amines) is 1. The van der Waals surface area contributed by atoms with E-state index in [2.05, 4.69) is 0 Å². The van der Waals surface area contributed by atoms with E-state index in [1.807, 2.05) is 0 Å². The Morgan fingerprint density at radius 1 is 1.29 bits per heavy atom. The minimum absolute atomic E-state index is 0.0420. The molecule has 0 spiro atoms. The van der Waals surface area contributed by atoms with E-state index in [-0.39, 0.29) is 18.4 Å². The third-order valence-electron chi connectivity index (χ3n) is 4.63. The van der Waals surface area contributed by atoms with Crippen molar-refractivity contribution < 1.29 is 19.1 Å². The summed E-state index contributed by atoms with van der Waals surface area (Å²) in [5.74, 6) is -1.57. The number of benzene rings is 1. The van der Waals surface area contributed by atoms with Gasteiger partial charge in [-0.25, -0.2) is 4.39 Å². The number of hydrogen-bond acceptors (Lipinski definition) is 2. The van der Waals surface area contributed by atoms with Crippen LogP contribution in [0.3, 0.4) is 0 Å². The Morgan fingerprint density at radius 3 is 2.62 bits per heavy atom. The Morgan fingerprint density at radius 2 is 2.00 bits per heavy atom. The van der Waals surface area contributed by atoms with Crippen LogP contribution in [0.4, 0.5) is 4.39 Å². The lowest BCUT2D eigenvalue weighted by molar-refractivity contribution is -0.142. The highest BCUT2D eigenvalue weighted by atomic mass is 19.1. The molecule has 1 aromatic rings. The molecule has 21 heavy (non-hydrogen) atoms. The highest BCUT2D eigenvalue weighted by Crippen LogP contribution is 2.44. The van der Waals surface area contributed by atoms with Crippen LogP contribution >= 0.6 is 0 Å². The third-order valence-corrected chi connectivity index (χ3v) is 4.63. The molecule has 1 heterocycles. The van der Waals surface area contributed by atoms with E-state index in [0.717, 1.165) is 12.8 Å². The summed E-state index contributed by atoms with van der Waals surface area (Å²) in [5, 5.41) is 9.33. The molecule has 1 aliphatic heterocycles. The van der Waals surface area contributed by atoms with Gasteiger partial charge in [0, 0.05) is 18.7 Å². The van der Waals surface area contributed by atoms with Crippen LogP contribution in [-0.2, 0) is 4.79 Å². The molecular formula is C16H18FNO3. The first kappa shape index (κ1) is 14.0. The van der Waals surface area contributed by atoms with Crippen LogP contribution in [-0.4, -0.2) is 35.0 Å². The summed E-state index contributed by atoms with van der Waals surface area (Å²) in [6.45, 7) is 2.46. The molecule has 0 unspecified atom stereocenters. The van der Waals surface area contributed by atoms with E-state index in [4.69, 9.17) is 0 Å². The van der Waals surface area contributed by atoms with Crippen molar-refractivity contribution in [3.05, 3.63) is 35.1 Å². The molecule has 2 atom stereocenters. The van der Waals surface area contributed by atoms with Gasteiger partial charge >= 0.3 is 5.97 Å². The maximum atomic E-state index is 13.3. The van der Waals surface area contributed by atoms with Crippen molar-refractivity contribution in [2.45, 2.75) is 19.8 Å². The molecule has 5 heteroatoms. The molecule has 0 radical (unpaired) electrons. The number of amides is 1. The average Bonchev–Trinajstić information content (AvgIpc) is 3.19. The van der Waals surface area contributed by atoms with Gasteiger partial charge in [-0.15, -0.1) is 0 Å². The zero-order valence-corrected chi connectivity index (χ0v) is 11.9. The molecule has 1 aromatic carbocycles. The molecule has 2 aliphatic rings. The fourth-order valence-electron chi connectivity index (χ4n) is 3.25. The largest absolute Gasteiger partial charge is 0.481 e. The van der Waals surface area contributed by atoms with Crippen LogP contribution in [0, 0.1) is 30.5 Å². The number of carbonyl (C=O) groups is 2. The van der Waals surface area contributed by atoms with Gasteiger partial charge in [-0.2, -0.15) is 0 Å². The van der Waals surface area contributed by atoms with Crippen molar-refractivity contribution >= 4 is 11.9 Å². The topological polar surface area (TPSA) is 57.6 Å². The Kier molecular flexibility index (Phi) is 3.43. The fraction of sp³-hybridized carbons (Fsp3) is 0.500. The lowest BCUT2D eigenvalue weighted by Gasteiger charge is -2.17. The average molecular weight is 291 g/mol. The number of aryl methyl sites for hydroxylation is 1. The normalized spacial score (nSPS) is 25.1. The maximum absolute atomic E-state index is 13.3. The number of halogens is 1.